The smallest absolute Gasteiger partial charge is 0.123 e. The summed E-state index contributed by atoms with van der Waals surface area (Å²) in [6.45, 7) is 2.15. The highest BCUT2D eigenvalue weighted by Crippen LogP contribution is 2.30. The quantitative estimate of drug-likeness (QED) is 0.870. The molecule has 0 fully saturated rings. The first-order chi connectivity index (χ1) is 6.60. The molecular weight excluding hydrogens is 246 g/mol. The molecule has 3 N–H and O–H groups in total. The summed E-state index contributed by atoms with van der Waals surface area (Å²) < 4.78 is 6.10. The van der Waals surface area contributed by atoms with Crippen molar-refractivity contribution in [1.29, 1.82) is 0 Å². The molecule has 0 aromatic heterocycles. The van der Waals surface area contributed by atoms with Crippen molar-refractivity contribution in [2.45, 2.75) is 13.0 Å². The van der Waals surface area contributed by atoms with E-state index in [-0.39, 0.29) is 6.54 Å². The number of halogens is 1. The van der Waals surface area contributed by atoms with E-state index in [1.165, 1.54) is 0 Å². The van der Waals surface area contributed by atoms with Gasteiger partial charge in [0.15, 0.2) is 0 Å². The Morgan fingerprint density at radius 3 is 2.71 bits per heavy atom. The lowest BCUT2D eigenvalue weighted by Crippen LogP contribution is -2.11. The first-order valence-corrected chi connectivity index (χ1v) is 5.11. The average Bonchev–Trinajstić information content (AvgIpc) is 2.20. The Kier molecular flexibility index (Phi) is 3.92. The van der Waals surface area contributed by atoms with Crippen molar-refractivity contribution in [2.75, 3.05) is 13.7 Å². The van der Waals surface area contributed by atoms with E-state index < -0.39 is 6.10 Å². The fourth-order valence-electron chi connectivity index (χ4n) is 1.21. The molecule has 0 radical (unpaired) electrons. The van der Waals surface area contributed by atoms with Crippen LogP contribution in [0.25, 0.3) is 0 Å². The number of benzene rings is 1. The average molecular weight is 260 g/mol. The summed E-state index contributed by atoms with van der Waals surface area (Å²) >= 11 is 3.40. The van der Waals surface area contributed by atoms with Crippen LogP contribution in [0, 0.1) is 6.92 Å². The van der Waals surface area contributed by atoms with Crippen LogP contribution in [0.1, 0.15) is 17.2 Å². The van der Waals surface area contributed by atoms with Crippen molar-refractivity contribution >= 4 is 15.9 Å². The first-order valence-electron chi connectivity index (χ1n) is 4.32. The van der Waals surface area contributed by atoms with Crippen LogP contribution in [0.2, 0.25) is 0 Å². The third-order valence-electron chi connectivity index (χ3n) is 2.15. The second-order valence-corrected chi connectivity index (χ2v) is 3.94. The molecule has 1 rings (SSSR count). The molecule has 0 saturated carbocycles. The monoisotopic (exact) mass is 259 g/mol. The molecule has 0 saturated heterocycles. The number of aliphatic hydroxyl groups is 1. The molecule has 78 valence electrons. The number of hydrogen-bond donors (Lipinski definition) is 2. The van der Waals surface area contributed by atoms with Gasteiger partial charge in [0.05, 0.1) is 13.2 Å². The van der Waals surface area contributed by atoms with E-state index in [4.69, 9.17) is 10.5 Å². The predicted molar refractivity (Wildman–Crippen MR) is 59.4 cm³/mol. The molecule has 0 heterocycles. The summed E-state index contributed by atoms with van der Waals surface area (Å²) in [4.78, 5) is 0. The summed E-state index contributed by atoms with van der Waals surface area (Å²) in [7, 11) is 1.60. The van der Waals surface area contributed by atoms with Crippen LogP contribution < -0.4 is 10.5 Å². The van der Waals surface area contributed by atoms with Crippen molar-refractivity contribution in [1.82, 2.24) is 0 Å². The van der Waals surface area contributed by atoms with E-state index in [9.17, 15) is 5.11 Å². The Morgan fingerprint density at radius 2 is 2.21 bits per heavy atom. The molecule has 4 heteroatoms. The minimum absolute atomic E-state index is 0.207. The fourth-order valence-corrected chi connectivity index (χ4v) is 1.67. The Bertz CT molecular complexity index is 328. The second-order valence-electron chi connectivity index (χ2n) is 3.08. The molecule has 0 aliphatic carbocycles. The van der Waals surface area contributed by atoms with Crippen molar-refractivity contribution in [3.8, 4) is 5.75 Å². The number of rotatable bonds is 3. The fraction of sp³-hybridized carbons (Fsp3) is 0.400. The van der Waals surface area contributed by atoms with E-state index in [1.54, 1.807) is 13.2 Å². The molecular formula is C10H14BrNO2. The van der Waals surface area contributed by atoms with Gasteiger partial charge in [-0.15, -0.1) is 0 Å². The van der Waals surface area contributed by atoms with Gasteiger partial charge >= 0.3 is 0 Å². The molecule has 1 aromatic carbocycles. The van der Waals surface area contributed by atoms with Gasteiger partial charge in [0.25, 0.3) is 0 Å². The number of aliphatic hydroxyl groups excluding tert-OH is 1. The Morgan fingerprint density at radius 1 is 1.57 bits per heavy atom. The van der Waals surface area contributed by atoms with Crippen LogP contribution in [0.15, 0.2) is 16.6 Å². The maximum Gasteiger partial charge on any atom is 0.123 e. The molecule has 14 heavy (non-hydrogen) atoms. The zero-order chi connectivity index (χ0) is 10.7. The van der Waals surface area contributed by atoms with Crippen LogP contribution in [0.5, 0.6) is 5.75 Å². The predicted octanol–water partition coefficient (Wildman–Crippen LogP) is 1.76. The Balaban J connectivity index is 3.16. The molecule has 1 atom stereocenters. The van der Waals surface area contributed by atoms with Crippen molar-refractivity contribution in [3.63, 3.8) is 0 Å². The number of methoxy groups -OCH3 is 1. The number of hydrogen-bond acceptors (Lipinski definition) is 3. The van der Waals surface area contributed by atoms with Crippen LogP contribution in [-0.4, -0.2) is 18.8 Å². The lowest BCUT2D eigenvalue weighted by molar-refractivity contribution is 0.186. The summed E-state index contributed by atoms with van der Waals surface area (Å²) in [5.41, 5.74) is 7.16. The van der Waals surface area contributed by atoms with Crippen molar-refractivity contribution in [2.24, 2.45) is 5.73 Å². The molecule has 1 unspecified atom stereocenters. The topological polar surface area (TPSA) is 55.5 Å². The van der Waals surface area contributed by atoms with Crippen LogP contribution in [0.3, 0.4) is 0 Å². The van der Waals surface area contributed by atoms with Gasteiger partial charge in [-0.05, 0) is 24.6 Å². The molecule has 0 spiro atoms. The van der Waals surface area contributed by atoms with Crippen molar-refractivity contribution in [3.05, 3.63) is 27.7 Å². The third-order valence-corrected chi connectivity index (χ3v) is 2.97. The summed E-state index contributed by atoms with van der Waals surface area (Å²) in [6, 6.07) is 3.66. The zero-order valence-corrected chi connectivity index (χ0v) is 9.84. The second kappa shape index (κ2) is 4.77. The minimum atomic E-state index is -0.638. The van der Waals surface area contributed by atoms with Gasteiger partial charge in [0, 0.05) is 16.6 Å². The Labute approximate surface area is 92.0 Å². The maximum absolute atomic E-state index is 9.56. The van der Waals surface area contributed by atoms with E-state index in [0.29, 0.717) is 0 Å². The molecule has 0 aliphatic rings. The van der Waals surface area contributed by atoms with Gasteiger partial charge in [-0.1, -0.05) is 15.9 Å². The van der Waals surface area contributed by atoms with Gasteiger partial charge < -0.3 is 15.6 Å². The Hall–Kier alpha value is -0.580. The van der Waals surface area contributed by atoms with Crippen LogP contribution >= 0.6 is 15.9 Å². The standard InChI is InChI=1S/C10H14BrNO2/c1-6-8(11)3-7(9(13)5-12)4-10(6)14-2/h3-4,9,13H,5,12H2,1-2H3. The normalized spacial score (nSPS) is 12.6. The van der Waals surface area contributed by atoms with E-state index in [2.05, 4.69) is 15.9 Å². The summed E-state index contributed by atoms with van der Waals surface area (Å²) in [5, 5.41) is 9.56. The molecule has 0 amide bonds. The SMILES string of the molecule is COc1cc(C(O)CN)cc(Br)c1C. The van der Waals surface area contributed by atoms with Crippen LogP contribution in [-0.2, 0) is 0 Å². The van der Waals surface area contributed by atoms with E-state index in [1.807, 2.05) is 13.0 Å². The van der Waals surface area contributed by atoms with E-state index in [0.717, 1.165) is 21.3 Å². The van der Waals surface area contributed by atoms with Crippen LogP contribution in [0.4, 0.5) is 0 Å². The number of nitrogens with two attached hydrogens (primary N) is 1. The lowest BCUT2D eigenvalue weighted by atomic mass is 10.1. The molecule has 3 nitrogen and oxygen atoms in total. The highest BCUT2D eigenvalue weighted by atomic mass is 79.9. The van der Waals surface area contributed by atoms with Gasteiger partial charge in [-0.25, -0.2) is 0 Å². The van der Waals surface area contributed by atoms with E-state index >= 15 is 0 Å². The first kappa shape index (κ1) is 11.5. The molecule has 0 bridgehead atoms. The van der Waals surface area contributed by atoms with Gasteiger partial charge in [0.1, 0.15) is 5.75 Å². The third kappa shape index (κ3) is 2.26. The summed E-state index contributed by atoms with van der Waals surface area (Å²) in [6.07, 6.45) is -0.638. The zero-order valence-electron chi connectivity index (χ0n) is 8.25. The largest absolute Gasteiger partial charge is 0.496 e. The minimum Gasteiger partial charge on any atom is -0.496 e. The summed E-state index contributed by atoms with van der Waals surface area (Å²) in [5.74, 6) is 0.752. The van der Waals surface area contributed by atoms with Gasteiger partial charge in [-0.3, -0.25) is 0 Å². The highest BCUT2D eigenvalue weighted by Gasteiger charge is 2.10. The molecule has 1 aromatic rings. The van der Waals surface area contributed by atoms with Crippen molar-refractivity contribution < 1.29 is 9.84 Å². The van der Waals surface area contributed by atoms with Gasteiger partial charge in [-0.2, -0.15) is 0 Å². The lowest BCUT2D eigenvalue weighted by Gasteiger charge is -2.13. The number of ether oxygens (including phenoxy) is 1. The highest BCUT2D eigenvalue weighted by molar-refractivity contribution is 9.10. The molecule has 0 aliphatic heterocycles. The maximum atomic E-state index is 9.56. The van der Waals surface area contributed by atoms with Gasteiger partial charge in [0.2, 0.25) is 0 Å².